The summed E-state index contributed by atoms with van der Waals surface area (Å²) in [7, 11) is 0. The molecule has 1 N–H and O–H groups in total. The highest BCUT2D eigenvalue weighted by molar-refractivity contribution is 5.60. The van der Waals surface area contributed by atoms with E-state index in [0.717, 1.165) is 30.8 Å². The molecule has 0 amide bonds. The molecule has 19 heavy (non-hydrogen) atoms. The van der Waals surface area contributed by atoms with Crippen molar-refractivity contribution in [3.63, 3.8) is 0 Å². The summed E-state index contributed by atoms with van der Waals surface area (Å²) >= 11 is 0. The quantitative estimate of drug-likeness (QED) is 0.914. The zero-order valence-corrected chi connectivity index (χ0v) is 11.1. The molecule has 2 aromatic rings. The molecule has 1 fully saturated rings. The fourth-order valence-electron chi connectivity index (χ4n) is 2.35. The standard InChI is InChI=1S/C16H18N2O/c1-12-4-2-5-13(10-12)15-6-3-7-16(18-15)19-14-8-9-17-11-14/h2-7,10,14,17H,8-9,11H2,1H3. The van der Waals surface area contributed by atoms with E-state index in [0.29, 0.717) is 5.88 Å². The first-order valence-corrected chi connectivity index (χ1v) is 6.73. The fraction of sp³-hybridized carbons (Fsp3) is 0.312. The second kappa shape index (κ2) is 5.41. The van der Waals surface area contributed by atoms with E-state index in [2.05, 4.69) is 41.5 Å². The average molecular weight is 254 g/mol. The van der Waals surface area contributed by atoms with Gasteiger partial charge in [-0.05, 0) is 32.0 Å². The van der Waals surface area contributed by atoms with Crippen LogP contribution in [0.3, 0.4) is 0 Å². The maximum atomic E-state index is 5.89. The van der Waals surface area contributed by atoms with E-state index in [9.17, 15) is 0 Å². The molecule has 1 aromatic heterocycles. The molecule has 0 bridgehead atoms. The van der Waals surface area contributed by atoms with Gasteiger partial charge in [0.15, 0.2) is 0 Å². The fourth-order valence-corrected chi connectivity index (χ4v) is 2.35. The third-order valence-electron chi connectivity index (χ3n) is 3.34. The van der Waals surface area contributed by atoms with Gasteiger partial charge in [-0.2, -0.15) is 0 Å². The number of aryl methyl sites for hydroxylation is 1. The number of hydrogen-bond acceptors (Lipinski definition) is 3. The molecular weight excluding hydrogens is 236 g/mol. The number of rotatable bonds is 3. The lowest BCUT2D eigenvalue weighted by molar-refractivity contribution is 0.214. The smallest absolute Gasteiger partial charge is 0.214 e. The Labute approximate surface area is 113 Å². The van der Waals surface area contributed by atoms with Crippen molar-refractivity contribution in [3.8, 4) is 17.1 Å². The first kappa shape index (κ1) is 12.2. The first-order valence-electron chi connectivity index (χ1n) is 6.73. The first-order chi connectivity index (χ1) is 9.31. The highest BCUT2D eigenvalue weighted by atomic mass is 16.5. The number of hydrogen-bond donors (Lipinski definition) is 1. The number of pyridine rings is 1. The Morgan fingerprint density at radius 2 is 2.11 bits per heavy atom. The van der Waals surface area contributed by atoms with Crippen LogP contribution in [0.4, 0.5) is 0 Å². The van der Waals surface area contributed by atoms with E-state index in [1.165, 1.54) is 5.56 Å². The molecule has 3 rings (SSSR count). The SMILES string of the molecule is Cc1cccc(-c2cccc(OC3CCNC3)n2)c1. The van der Waals surface area contributed by atoms with Crippen molar-refractivity contribution in [2.75, 3.05) is 13.1 Å². The lowest BCUT2D eigenvalue weighted by atomic mass is 10.1. The lowest BCUT2D eigenvalue weighted by Crippen LogP contribution is -2.20. The number of benzene rings is 1. The van der Waals surface area contributed by atoms with Crippen LogP contribution >= 0.6 is 0 Å². The minimum atomic E-state index is 0.250. The Hall–Kier alpha value is -1.87. The Balaban J connectivity index is 1.82. The van der Waals surface area contributed by atoms with E-state index in [4.69, 9.17) is 4.74 Å². The van der Waals surface area contributed by atoms with Gasteiger partial charge in [0.1, 0.15) is 6.10 Å². The van der Waals surface area contributed by atoms with Crippen LogP contribution in [0.2, 0.25) is 0 Å². The van der Waals surface area contributed by atoms with Crippen molar-refractivity contribution >= 4 is 0 Å². The summed E-state index contributed by atoms with van der Waals surface area (Å²) in [5.41, 5.74) is 3.34. The molecule has 2 heterocycles. The van der Waals surface area contributed by atoms with Crippen LogP contribution in [0, 0.1) is 6.92 Å². The number of nitrogens with zero attached hydrogens (tertiary/aromatic N) is 1. The van der Waals surface area contributed by atoms with Crippen molar-refractivity contribution in [3.05, 3.63) is 48.0 Å². The van der Waals surface area contributed by atoms with Gasteiger partial charge in [-0.3, -0.25) is 0 Å². The van der Waals surface area contributed by atoms with E-state index in [1.807, 2.05) is 18.2 Å². The van der Waals surface area contributed by atoms with Crippen molar-refractivity contribution in [1.29, 1.82) is 0 Å². The molecule has 3 heteroatoms. The van der Waals surface area contributed by atoms with E-state index in [-0.39, 0.29) is 6.10 Å². The third-order valence-corrected chi connectivity index (χ3v) is 3.34. The van der Waals surface area contributed by atoms with Gasteiger partial charge < -0.3 is 10.1 Å². The zero-order valence-electron chi connectivity index (χ0n) is 11.1. The molecule has 3 nitrogen and oxygen atoms in total. The molecule has 1 unspecified atom stereocenters. The molecule has 0 spiro atoms. The minimum Gasteiger partial charge on any atom is -0.473 e. The van der Waals surface area contributed by atoms with Crippen LogP contribution < -0.4 is 10.1 Å². The largest absolute Gasteiger partial charge is 0.473 e. The Bertz CT molecular complexity index is 562. The van der Waals surface area contributed by atoms with Crippen LogP contribution in [0.1, 0.15) is 12.0 Å². The summed E-state index contributed by atoms with van der Waals surface area (Å²) in [6, 6.07) is 14.3. The summed E-state index contributed by atoms with van der Waals surface area (Å²) < 4.78 is 5.89. The predicted molar refractivity (Wildman–Crippen MR) is 76.3 cm³/mol. The van der Waals surface area contributed by atoms with Gasteiger partial charge in [0, 0.05) is 18.2 Å². The molecule has 1 atom stereocenters. The van der Waals surface area contributed by atoms with Crippen molar-refractivity contribution in [2.24, 2.45) is 0 Å². The Morgan fingerprint density at radius 1 is 1.21 bits per heavy atom. The van der Waals surface area contributed by atoms with E-state index >= 15 is 0 Å². The topological polar surface area (TPSA) is 34.1 Å². The zero-order chi connectivity index (χ0) is 13.1. The monoisotopic (exact) mass is 254 g/mol. The van der Waals surface area contributed by atoms with Gasteiger partial charge in [0.05, 0.1) is 5.69 Å². The van der Waals surface area contributed by atoms with Crippen LogP contribution in [0.15, 0.2) is 42.5 Å². The molecule has 0 radical (unpaired) electrons. The summed E-state index contributed by atoms with van der Waals surface area (Å²) in [4.78, 5) is 4.60. The molecule has 1 aliphatic heterocycles. The van der Waals surface area contributed by atoms with Crippen LogP contribution in [0.5, 0.6) is 5.88 Å². The highest BCUT2D eigenvalue weighted by Gasteiger charge is 2.16. The summed E-state index contributed by atoms with van der Waals surface area (Å²) in [6.07, 6.45) is 1.30. The van der Waals surface area contributed by atoms with Gasteiger partial charge in [-0.1, -0.05) is 29.8 Å². The highest BCUT2D eigenvalue weighted by Crippen LogP contribution is 2.21. The number of nitrogens with one attached hydrogen (secondary N) is 1. The second-order valence-electron chi connectivity index (χ2n) is 4.96. The molecule has 0 saturated carbocycles. The van der Waals surface area contributed by atoms with Gasteiger partial charge in [-0.15, -0.1) is 0 Å². The van der Waals surface area contributed by atoms with Gasteiger partial charge in [0.2, 0.25) is 5.88 Å². The van der Waals surface area contributed by atoms with Gasteiger partial charge >= 0.3 is 0 Å². The maximum Gasteiger partial charge on any atom is 0.214 e. The molecule has 98 valence electrons. The normalized spacial score (nSPS) is 18.5. The molecule has 1 saturated heterocycles. The molecule has 1 aromatic carbocycles. The maximum absolute atomic E-state index is 5.89. The second-order valence-corrected chi connectivity index (χ2v) is 4.96. The third kappa shape index (κ3) is 2.93. The van der Waals surface area contributed by atoms with Crippen LogP contribution in [-0.2, 0) is 0 Å². The van der Waals surface area contributed by atoms with Gasteiger partial charge in [-0.25, -0.2) is 4.98 Å². The lowest BCUT2D eigenvalue weighted by Gasteiger charge is -2.12. The average Bonchev–Trinajstić information content (AvgIpc) is 2.92. The molecule has 1 aliphatic rings. The van der Waals surface area contributed by atoms with Crippen LogP contribution in [0.25, 0.3) is 11.3 Å². The predicted octanol–water partition coefficient (Wildman–Crippen LogP) is 2.80. The van der Waals surface area contributed by atoms with E-state index < -0.39 is 0 Å². The summed E-state index contributed by atoms with van der Waals surface area (Å²) in [5.74, 6) is 0.715. The summed E-state index contributed by atoms with van der Waals surface area (Å²) in [5, 5.41) is 3.29. The Kier molecular flexibility index (Phi) is 3.47. The number of aromatic nitrogens is 1. The van der Waals surface area contributed by atoms with Crippen molar-refractivity contribution in [1.82, 2.24) is 10.3 Å². The van der Waals surface area contributed by atoms with E-state index in [1.54, 1.807) is 0 Å². The molecular formula is C16H18N2O. The van der Waals surface area contributed by atoms with Crippen molar-refractivity contribution in [2.45, 2.75) is 19.4 Å². The number of ether oxygens (including phenoxy) is 1. The molecule has 0 aliphatic carbocycles. The minimum absolute atomic E-state index is 0.250. The Morgan fingerprint density at radius 3 is 2.89 bits per heavy atom. The van der Waals surface area contributed by atoms with Gasteiger partial charge in [0.25, 0.3) is 0 Å². The van der Waals surface area contributed by atoms with Crippen molar-refractivity contribution < 1.29 is 4.74 Å². The summed E-state index contributed by atoms with van der Waals surface area (Å²) in [6.45, 7) is 4.03. The van der Waals surface area contributed by atoms with Crippen LogP contribution in [-0.4, -0.2) is 24.2 Å².